The summed E-state index contributed by atoms with van der Waals surface area (Å²) < 4.78 is 5.68. The van der Waals surface area contributed by atoms with Gasteiger partial charge in [0.05, 0.1) is 11.9 Å². The van der Waals surface area contributed by atoms with E-state index in [0.29, 0.717) is 11.4 Å². The molecular formula is C15H15N3O2. The molecule has 0 unspecified atom stereocenters. The summed E-state index contributed by atoms with van der Waals surface area (Å²) in [5, 5.41) is 0. The van der Waals surface area contributed by atoms with Gasteiger partial charge in [-0.3, -0.25) is 4.79 Å². The van der Waals surface area contributed by atoms with E-state index in [-0.39, 0.29) is 11.4 Å². The first-order valence-corrected chi connectivity index (χ1v) is 6.48. The van der Waals surface area contributed by atoms with Gasteiger partial charge in [0.1, 0.15) is 11.3 Å². The molecule has 1 aromatic heterocycles. The van der Waals surface area contributed by atoms with Crippen molar-refractivity contribution < 1.29 is 9.53 Å². The number of ether oxygens (including phenoxy) is 1. The lowest BCUT2D eigenvalue weighted by atomic mass is 10.1. The lowest BCUT2D eigenvalue weighted by Gasteiger charge is -2.10. The molecule has 0 aliphatic heterocycles. The number of aryl methyl sites for hydroxylation is 2. The zero-order chi connectivity index (χ0) is 14.1. The quantitative estimate of drug-likeness (QED) is 0.892. The molecule has 102 valence electrons. The number of nitrogens with zero attached hydrogens (tertiary/aromatic N) is 1. The van der Waals surface area contributed by atoms with Crippen LogP contribution in [0.4, 0.5) is 5.69 Å². The van der Waals surface area contributed by atoms with E-state index in [4.69, 9.17) is 16.2 Å². The van der Waals surface area contributed by atoms with Crippen molar-refractivity contribution >= 4 is 11.6 Å². The predicted octanol–water partition coefficient (Wildman–Crippen LogP) is 2.04. The molecule has 0 saturated carbocycles. The molecule has 0 spiro atoms. The van der Waals surface area contributed by atoms with Gasteiger partial charge < -0.3 is 16.2 Å². The van der Waals surface area contributed by atoms with Crippen molar-refractivity contribution in [3.05, 3.63) is 47.2 Å². The molecule has 0 fully saturated rings. The summed E-state index contributed by atoms with van der Waals surface area (Å²) in [5.74, 6) is 0.232. The molecule has 1 aromatic carbocycles. The Bertz CT molecular complexity index is 683. The largest absolute Gasteiger partial charge is 0.438 e. The minimum atomic E-state index is -0.610. The normalized spacial score (nSPS) is 13.0. The smallest absolute Gasteiger partial charge is 0.254 e. The molecular weight excluding hydrogens is 254 g/mol. The molecule has 3 rings (SSSR count). The fourth-order valence-corrected chi connectivity index (χ4v) is 2.45. The lowest BCUT2D eigenvalue weighted by Crippen LogP contribution is -2.13. The Morgan fingerprint density at radius 1 is 1.20 bits per heavy atom. The number of fused-ring (bicyclic) bond motifs is 1. The third kappa shape index (κ3) is 2.30. The number of nitrogens with two attached hydrogens (primary N) is 2. The zero-order valence-electron chi connectivity index (χ0n) is 10.9. The number of amides is 1. The average Bonchev–Trinajstić information content (AvgIpc) is 2.88. The molecule has 1 amide bonds. The minimum absolute atomic E-state index is 0.185. The average molecular weight is 269 g/mol. The van der Waals surface area contributed by atoms with Gasteiger partial charge in [-0.05, 0) is 48.6 Å². The van der Waals surface area contributed by atoms with E-state index in [1.165, 1.54) is 29.8 Å². The van der Waals surface area contributed by atoms with E-state index in [9.17, 15) is 4.79 Å². The molecule has 5 heteroatoms. The summed E-state index contributed by atoms with van der Waals surface area (Å²) in [6.07, 6.45) is 4.78. The number of hydrogen-bond acceptors (Lipinski definition) is 4. The second kappa shape index (κ2) is 4.85. The number of nitrogen functional groups attached to an aromatic ring is 1. The Kier molecular flexibility index (Phi) is 3.02. The number of rotatable bonds is 3. The molecule has 2 aromatic rings. The van der Waals surface area contributed by atoms with Crippen LogP contribution in [0.1, 0.15) is 27.9 Å². The fraction of sp³-hybridized carbons (Fsp3) is 0.200. The first-order chi connectivity index (χ1) is 9.63. The van der Waals surface area contributed by atoms with E-state index < -0.39 is 5.91 Å². The maximum absolute atomic E-state index is 11.4. The van der Waals surface area contributed by atoms with Crippen LogP contribution in [-0.2, 0) is 12.8 Å². The predicted molar refractivity (Wildman–Crippen MR) is 75.7 cm³/mol. The van der Waals surface area contributed by atoms with Gasteiger partial charge in [0.15, 0.2) is 0 Å². The summed E-state index contributed by atoms with van der Waals surface area (Å²) >= 11 is 0. The molecule has 0 saturated heterocycles. The maximum atomic E-state index is 11.4. The van der Waals surface area contributed by atoms with Gasteiger partial charge in [0.2, 0.25) is 5.88 Å². The molecule has 0 bridgehead atoms. The van der Waals surface area contributed by atoms with Crippen LogP contribution >= 0.6 is 0 Å². The van der Waals surface area contributed by atoms with Gasteiger partial charge in [0.25, 0.3) is 5.91 Å². The number of primary amides is 1. The van der Waals surface area contributed by atoms with Crippen LogP contribution in [0.2, 0.25) is 0 Å². The highest BCUT2D eigenvalue weighted by molar-refractivity contribution is 5.95. The molecule has 4 N–H and O–H groups in total. The molecule has 5 nitrogen and oxygen atoms in total. The van der Waals surface area contributed by atoms with Gasteiger partial charge >= 0.3 is 0 Å². The van der Waals surface area contributed by atoms with Crippen molar-refractivity contribution in [1.29, 1.82) is 0 Å². The number of aromatic nitrogens is 1. The number of hydrogen-bond donors (Lipinski definition) is 2. The Morgan fingerprint density at radius 2 is 2.00 bits per heavy atom. The molecule has 1 heterocycles. The highest BCUT2D eigenvalue weighted by atomic mass is 16.5. The highest BCUT2D eigenvalue weighted by Gasteiger charge is 2.15. The SMILES string of the molecule is NC(=O)c1cc(N)cnc1Oc1ccc2c(c1)CCC2. The van der Waals surface area contributed by atoms with Gasteiger partial charge in [-0.15, -0.1) is 0 Å². The highest BCUT2D eigenvalue weighted by Crippen LogP contribution is 2.29. The van der Waals surface area contributed by atoms with Crippen LogP contribution in [-0.4, -0.2) is 10.9 Å². The third-order valence-corrected chi connectivity index (χ3v) is 3.42. The number of carbonyl (C=O) groups excluding carboxylic acids is 1. The van der Waals surface area contributed by atoms with Crippen LogP contribution in [0.15, 0.2) is 30.5 Å². The summed E-state index contributed by atoms with van der Waals surface area (Å²) in [5.41, 5.74) is 14.1. The van der Waals surface area contributed by atoms with E-state index in [1.54, 1.807) is 0 Å². The third-order valence-electron chi connectivity index (χ3n) is 3.42. The Balaban J connectivity index is 1.93. The van der Waals surface area contributed by atoms with Crippen molar-refractivity contribution in [2.75, 3.05) is 5.73 Å². The first-order valence-electron chi connectivity index (χ1n) is 6.48. The van der Waals surface area contributed by atoms with Crippen molar-refractivity contribution in [1.82, 2.24) is 4.98 Å². The Labute approximate surface area is 116 Å². The van der Waals surface area contributed by atoms with Crippen molar-refractivity contribution in [3.63, 3.8) is 0 Å². The molecule has 0 atom stereocenters. The standard InChI is InChI=1S/C15H15N3O2/c16-11-7-13(14(17)19)15(18-8-11)20-12-5-4-9-2-1-3-10(9)6-12/h4-8H,1-3,16H2,(H2,17,19). The second-order valence-electron chi connectivity index (χ2n) is 4.87. The van der Waals surface area contributed by atoms with E-state index in [2.05, 4.69) is 11.1 Å². The van der Waals surface area contributed by atoms with Gasteiger partial charge in [0, 0.05) is 0 Å². The molecule has 1 aliphatic carbocycles. The van der Waals surface area contributed by atoms with Gasteiger partial charge in [-0.1, -0.05) is 6.07 Å². The maximum Gasteiger partial charge on any atom is 0.254 e. The first kappa shape index (κ1) is 12.5. The van der Waals surface area contributed by atoms with E-state index in [1.807, 2.05) is 12.1 Å². The van der Waals surface area contributed by atoms with Crippen molar-refractivity contribution in [2.24, 2.45) is 5.73 Å². The van der Waals surface area contributed by atoms with E-state index >= 15 is 0 Å². The second-order valence-corrected chi connectivity index (χ2v) is 4.87. The fourth-order valence-electron chi connectivity index (χ4n) is 2.45. The topological polar surface area (TPSA) is 91.2 Å². The number of anilines is 1. The Morgan fingerprint density at radius 3 is 2.80 bits per heavy atom. The van der Waals surface area contributed by atoms with Crippen LogP contribution in [0.25, 0.3) is 0 Å². The van der Waals surface area contributed by atoms with Crippen LogP contribution in [0.5, 0.6) is 11.6 Å². The lowest BCUT2D eigenvalue weighted by molar-refractivity contribution is 0.0997. The van der Waals surface area contributed by atoms with Gasteiger partial charge in [-0.2, -0.15) is 0 Å². The Hall–Kier alpha value is -2.56. The van der Waals surface area contributed by atoms with Crippen molar-refractivity contribution in [3.8, 4) is 11.6 Å². The number of carbonyl (C=O) groups is 1. The number of pyridine rings is 1. The monoisotopic (exact) mass is 269 g/mol. The van der Waals surface area contributed by atoms with Crippen LogP contribution < -0.4 is 16.2 Å². The molecule has 20 heavy (non-hydrogen) atoms. The van der Waals surface area contributed by atoms with Crippen LogP contribution in [0.3, 0.4) is 0 Å². The van der Waals surface area contributed by atoms with Crippen LogP contribution in [0, 0.1) is 0 Å². The minimum Gasteiger partial charge on any atom is -0.438 e. The van der Waals surface area contributed by atoms with Crippen molar-refractivity contribution in [2.45, 2.75) is 19.3 Å². The summed E-state index contributed by atoms with van der Waals surface area (Å²) in [4.78, 5) is 15.4. The molecule has 0 radical (unpaired) electrons. The summed E-state index contributed by atoms with van der Waals surface area (Å²) in [6, 6.07) is 7.40. The summed E-state index contributed by atoms with van der Waals surface area (Å²) in [7, 11) is 0. The summed E-state index contributed by atoms with van der Waals surface area (Å²) in [6.45, 7) is 0. The van der Waals surface area contributed by atoms with E-state index in [0.717, 1.165) is 12.8 Å². The zero-order valence-corrected chi connectivity index (χ0v) is 10.9. The van der Waals surface area contributed by atoms with Gasteiger partial charge in [-0.25, -0.2) is 4.98 Å². The molecule has 1 aliphatic rings. The number of benzene rings is 1.